The molecule has 1 aliphatic rings. The third-order valence-electron chi connectivity index (χ3n) is 3.52. The van der Waals surface area contributed by atoms with E-state index < -0.39 is 0 Å². The van der Waals surface area contributed by atoms with Gasteiger partial charge in [0.1, 0.15) is 18.1 Å². The van der Waals surface area contributed by atoms with Crippen molar-refractivity contribution in [2.45, 2.75) is 33.7 Å². The maximum absolute atomic E-state index is 12.0. The number of carbonyl (C=O) groups excluding carboxylic acids is 1. The quantitative estimate of drug-likeness (QED) is 0.838. The van der Waals surface area contributed by atoms with Gasteiger partial charge < -0.3 is 4.74 Å². The Labute approximate surface area is 115 Å². The maximum Gasteiger partial charge on any atom is 0.139 e. The SMILES string of the molecule is CC(C)(C)C(=O)CCN1CCOc2ccccc2C1. The van der Waals surface area contributed by atoms with Crippen LogP contribution in [0.3, 0.4) is 0 Å². The van der Waals surface area contributed by atoms with Crippen LogP contribution in [0.5, 0.6) is 5.75 Å². The molecule has 0 amide bonds. The summed E-state index contributed by atoms with van der Waals surface area (Å²) in [5, 5.41) is 0. The number of ketones is 1. The van der Waals surface area contributed by atoms with Crippen LogP contribution in [0.2, 0.25) is 0 Å². The van der Waals surface area contributed by atoms with Gasteiger partial charge in [-0.2, -0.15) is 0 Å². The maximum atomic E-state index is 12.0. The van der Waals surface area contributed by atoms with E-state index in [1.807, 2.05) is 39.0 Å². The predicted molar refractivity (Wildman–Crippen MR) is 76.3 cm³/mol. The first-order valence-corrected chi connectivity index (χ1v) is 6.93. The molecule has 0 aliphatic carbocycles. The van der Waals surface area contributed by atoms with Crippen LogP contribution in [-0.4, -0.2) is 30.4 Å². The summed E-state index contributed by atoms with van der Waals surface area (Å²) in [6.07, 6.45) is 0.617. The molecule has 0 atom stereocenters. The lowest BCUT2D eigenvalue weighted by atomic mass is 9.89. The molecule has 0 bridgehead atoms. The lowest BCUT2D eigenvalue weighted by molar-refractivity contribution is -0.126. The van der Waals surface area contributed by atoms with Crippen molar-refractivity contribution in [2.24, 2.45) is 5.41 Å². The minimum absolute atomic E-state index is 0.236. The summed E-state index contributed by atoms with van der Waals surface area (Å²) in [5.41, 5.74) is 0.975. The van der Waals surface area contributed by atoms with E-state index in [0.29, 0.717) is 18.8 Å². The largest absolute Gasteiger partial charge is 0.492 e. The number of Topliss-reactive ketones (excluding diaryl/α,β-unsaturated/α-hetero) is 1. The van der Waals surface area contributed by atoms with Gasteiger partial charge in [0.25, 0.3) is 0 Å². The highest BCUT2D eigenvalue weighted by atomic mass is 16.5. The van der Waals surface area contributed by atoms with E-state index in [0.717, 1.165) is 25.4 Å². The Kier molecular flexibility index (Phi) is 4.25. The number of para-hydroxylation sites is 1. The molecular formula is C16H23NO2. The standard InChI is InChI=1S/C16H23NO2/c1-16(2,3)15(18)8-9-17-10-11-19-14-7-5-4-6-13(14)12-17/h4-7H,8-12H2,1-3H3. The topological polar surface area (TPSA) is 29.5 Å². The molecule has 0 aromatic heterocycles. The van der Waals surface area contributed by atoms with E-state index in [4.69, 9.17) is 4.74 Å². The minimum atomic E-state index is -0.236. The number of carbonyl (C=O) groups is 1. The molecule has 2 rings (SSSR count). The van der Waals surface area contributed by atoms with Gasteiger partial charge >= 0.3 is 0 Å². The van der Waals surface area contributed by atoms with E-state index in [9.17, 15) is 4.79 Å². The number of hydrogen-bond donors (Lipinski definition) is 0. The molecule has 1 heterocycles. The number of nitrogens with zero attached hydrogens (tertiary/aromatic N) is 1. The Morgan fingerprint density at radius 1 is 1.32 bits per heavy atom. The second-order valence-electron chi connectivity index (χ2n) is 6.16. The molecule has 0 saturated carbocycles. The summed E-state index contributed by atoms with van der Waals surface area (Å²) in [7, 11) is 0. The molecule has 19 heavy (non-hydrogen) atoms. The second kappa shape index (κ2) is 5.74. The fraction of sp³-hybridized carbons (Fsp3) is 0.562. The lowest BCUT2D eigenvalue weighted by Crippen LogP contribution is -2.31. The molecule has 0 spiro atoms. The summed E-state index contributed by atoms with van der Waals surface area (Å²) in [5.74, 6) is 1.30. The average Bonchev–Trinajstić information content (AvgIpc) is 2.56. The number of ether oxygens (including phenoxy) is 1. The van der Waals surface area contributed by atoms with Gasteiger partial charge in [0.2, 0.25) is 0 Å². The van der Waals surface area contributed by atoms with Crippen molar-refractivity contribution >= 4 is 5.78 Å². The van der Waals surface area contributed by atoms with Crippen LogP contribution < -0.4 is 4.74 Å². The van der Waals surface area contributed by atoms with Crippen LogP contribution in [-0.2, 0) is 11.3 Å². The molecule has 3 nitrogen and oxygen atoms in total. The number of fused-ring (bicyclic) bond motifs is 1. The van der Waals surface area contributed by atoms with Crippen molar-refractivity contribution in [1.29, 1.82) is 0 Å². The predicted octanol–water partition coefficient (Wildman–Crippen LogP) is 2.89. The van der Waals surface area contributed by atoms with Crippen LogP contribution >= 0.6 is 0 Å². The van der Waals surface area contributed by atoms with Crippen LogP contribution in [0.1, 0.15) is 32.8 Å². The third kappa shape index (κ3) is 3.80. The van der Waals surface area contributed by atoms with Gasteiger partial charge in [0, 0.05) is 37.0 Å². The van der Waals surface area contributed by atoms with Crippen LogP contribution in [0.15, 0.2) is 24.3 Å². The minimum Gasteiger partial charge on any atom is -0.492 e. The molecule has 0 N–H and O–H groups in total. The molecular weight excluding hydrogens is 238 g/mol. The normalized spacial score (nSPS) is 16.4. The van der Waals surface area contributed by atoms with Crippen molar-refractivity contribution in [3.63, 3.8) is 0 Å². The fourth-order valence-electron chi connectivity index (χ4n) is 2.21. The van der Waals surface area contributed by atoms with Crippen molar-refractivity contribution in [3.8, 4) is 5.75 Å². The van der Waals surface area contributed by atoms with Gasteiger partial charge in [-0.05, 0) is 6.07 Å². The summed E-state index contributed by atoms with van der Waals surface area (Å²) >= 11 is 0. The van der Waals surface area contributed by atoms with Crippen LogP contribution in [0.25, 0.3) is 0 Å². The summed E-state index contributed by atoms with van der Waals surface area (Å²) in [6.45, 7) is 9.21. The Hall–Kier alpha value is -1.35. The molecule has 1 aromatic carbocycles. The van der Waals surface area contributed by atoms with Crippen molar-refractivity contribution in [3.05, 3.63) is 29.8 Å². The second-order valence-corrected chi connectivity index (χ2v) is 6.16. The molecule has 1 aliphatic heterocycles. The van der Waals surface area contributed by atoms with E-state index in [1.165, 1.54) is 5.56 Å². The smallest absolute Gasteiger partial charge is 0.139 e. The van der Waals surface area contributed by atoms with Crippen molar-refractivity contribution in [2.75, 3.05) is 19.7 Å². The summed E-state index contributed by atoms with van der Waals surface area (Å²) < 4.78 is 5.73. The zero-order chi connectivity index (χ0) is 13.9. The zero-order valence-corrected chi connectivity index (χ0v) is 12.1. The first-order valence-electron chi connectivity index (χ1n) is 6.93. The fourth-order valence-corrected chi connectivity index (χ4v) is 2.21. The molecule has 1 aromatic rings. The molecule has 0 saturated heterocycles. The third-order valence-corrected chi connectivity index (χ3v) is 3.52. The van der Waals surface area contributed by atoms with Gasteiger partial charge in [0.05, 0.1) is 0 Å². The van der Waals surface area contributed by atoms with Gasteiger partial charge in [-0.3, -0.25) is 9.69 Å². The van der Waals surface area contributed by atoms with Crippen LogP contribution in [0.4, 0.5) is 0 Å². The van der Waals surface area contributed by atoms with E-state index >= 15 is 0 Å². The number of hydrogen-bond acceptors (Lipinski definition) is 3. The van der Waals surface area contributed by atoms with E-state index in [1.54, 1.807) is 0 Å². The Balaban J connectivity index is 1.94. The molecule has 0 unspecified atom stereocenters. The average molecular weight is 261 g/mol. The summed E-state index contributed by atoms with van der Waals surface area (Å²) in [6, 6.07) is 8.14. The van der Waals surface area contributed by atoms with Crippen LogP contribution in [0, 0.1) is 5.41 Å². The monoisotopic (exact) mass is 261 g/mol. The van der Waals surface area contributed by atoms with Gasteiger partial charge in [-0.15, -0.1) is 0 Å². The Morgan fingerprint density at radius 2 is 2.05 bits per heavy atom. The molecule has 104 valence electrons. The Bertz CT molecular complexity index is 448. The molecule has 0 fully saturated rings. The van der Waals surface area contributed by atoms with Gasteiger partial charge in [0.15, 0.2) is 0 Å². The lowest BCUT2D eigenvalue weighted by Gasteiger charge is -2.22. The van der Waals surface area contributed by atoms with E-state index in [-0.39, 0.29) is 5.41 Å². The van der Waals surface area contributed by atoms with Gasteiger partial charge in [-0.1, -0.05) is 39.0 Å². The highest BCUT2D eigenvalue weighted by Gasteiger charge is 2.22. The first-order chi connectivity index (χ1) is 8.97. The Morgan fingerprint density at radius 3 is 2.79 bits per heavy atom. The van der Waals surface area contributed by atoms with Gasteiger partial charge in [-0.25, -0.2) is 0 Å². The highest BCUT2D eigenvalue weighted by molar-refractivity contribution is 5.83. The number of rotatable bonds is 3. The van der Waals surface area contributed by atoms with Crippen molar-refractivity contribution < 1.29 is 9.53 Å². The molecule has 0 radical (unpaired) electrons. The molecule has 3 heteroatoms. The zero-order valence-electron chi connectivity index (χ0n) is 12.1. The van der Waals surface area contributed by atoms with E-state index in [2.05, 4.69) is 11.0 Å². The number of benzene rings is 1. The summed E-state index contributed by atoms with van der Waals surface area (Å²) in [4.78, 5) is 14.3. The highest BCUT2D eigenvalue weighted by Crippen LogP contribution is 2.23. The first kappa shape index (κ1) is 14.1. The van der Waals surface area contributed by atoms with Crippen molar-refractivity contribution in [1.82, 2.24) is 4.90 Å².